The highest BCUT2D eigenvalue weighted by molar-refractivity contribution is 7.92. The topological polar surface area (TPSA) is 86.5 Å². The zero-order valence-corrected chi connectivity index (χ0v) is 13.4. The zero-order chi connectivity index (χ0) is 15.8. The van der Waals surface area contributed by atoms with E-state index in [0.717, 1.165) is 0 Å². The fourth-order valence-electron chi connectivity index (χ4n) is 2.71. The van der Waals surface area contributed by atoms with E-state index in [1.165, 1.54) is 6.92 Å². The van der Waals surface area contributed by atoms with E-state index in [2.05, 4.69) is 0 Å². The normalized spacial score (nSPS) is 28.2. The summed E-state index contributed by atoms with van der Waals surface area (Å²) in [6.45, 7) is 3.34. The Labute approximate surface area is 129 Å². The molecule has 0 saturated heterocycles. The fourth-order valence-corrected chi connectivity index (χ4v) is 4.82. The minimum absolute atomic E-state index is 0.0763. The van der Waals surface area contributed by atoms with Gasteiger partial charge >= 0.3 is 5.97 Å². The molecule has 1 aliphatic rings. The maximum atomic E-state index is 12.2. The number of halogens is 1. The summed E-state index contributed by atoms with van der Waals surface area (Å²) in [5.74, 6) is -1.38. The Kier molecular flexibility index (Phi) is 4.33. The molecule has 2 N–H and O–H groups in total. The molecule has 0 radical (unpaired) electrons. The van der Waals surface area contributed by atoms with E-state index < -0.39 is 32.5 Å². The lowest BCUT2D eigenvalue weighted by Crippen LogP contribution is -2.41. The molecule has 1 saturated carbocycles. The Morgan fingerprint density at radius 1 is 1.43 bits per heavy atom. The van der Waals surface area contributed by atoms with Gasteiger partial charge in [-0.1, -0.05) is 30.7 Å². The number of hydrogen-bond donors (Lipinski definition) is 1. The Balaban J connectivity index is 2.45. The maximum absolute atomic E-state index is 12.2. The van der Waals surface area contributed by atoms with Gasteiger partial charge in [0.2, 0.25) is 0 Å². The quantitative estimate of drug-likeness (QED) is 0.826. The van der Waals surface area contributed by atoms with E-state index in [1.807, 2.05) is 0 Å². The summed E-state index contributed by atoms with van der Waals surface area (Å²) in [6, 6.07) is 6.75. The number of benzene rings is 1. The van der Waals surface area contributed by atoms with E-state index >= 15 is 0 Å². The van der Waals surface area contributed by atoms with Crippen LogP contribution in [0.15, 0.2) is 24.3 Å². The zero-order valence-electron chi connectivity index (χ0n) is 11.9. The van der Waals surface area contributed by atoms with Crippen molar-refractivity contribution in [2.45, 2.75) is 30.6 Å². The van der Waals surface area contributed by atoms with Gasteiger partial charge in [0.15, 0.2) is 9.84 Å². The summed E-state index contributed by atoms with van der Waals surface area (Å²) in [5, 5.41) is -0.495. The summed E-state index contributed by atoms with van der Waals surface area (Å²) >= 11 is 5.94. The SMILES string of the molecule is CCOC(=O)[C@@]1(N)[C@H](c2cccc(Cl)c2)[C@@H]1S(=O)(=O)CC. The largest absolute Gasteiger partial charge is 0.465 e. The molecule has 0 unspecified atom stereocenters. The molecule has 1 fully saturated rings. The second-order valence-corrected chi connectivity index (χ2v) is 7.91. The van der Waals surface area contributed by atoms with Gasteiger partial charge in [-0.15, -0.1) is 0 Å². The first-order valence-electron chi connectivity index (χ1n) is 6.72. The van der Waals surface area contributed by atoms with Crippen LogP contribution in [0, 0.1) is 0 Å². The van der Waals surface area contributed by atoms with Crippen LogP contribution >= 0.6 is 11.6 Å². The van der Waals surface area contributed by atoms with Crippen LogP contribution in [-0.2, 0) is 19.4 Å². The number of esters is 1. The minimum atomic E-state index is -3.48. The molecule has 7 heteroatoms. The number of ether oxygens (including phenoxy) is 1. The van der Waals surface area contributed by atoms with Crippen LogP contribution in [0.25, 0.3) is 0 Å². The summed E-state index contributed by atoms with van der Waals surface area (Å²) in [7, 11) is -3.48. The van der Waals surface area contributed by atoms with Crippen LogP contribution < -0.4 is 5.73 Å². The van der Waals surface area contributed by atoms with Crippen molar-refractivity contribution in [1.82, 2.24) is 0 Å². The molecule has 2 rings (SSSR count). The number of rotatable bonds is 5. The molecule has 1 aliphatic carbocycles. The highest BCUT2D eigenvalue weighted by Crippen LogP contribution is 2.55. The van der Waals surface area contributed by atoms with Crippen LogP contribution in [0.1, 0.15) is 25.3 Å². The van der Waals surface area contributed by atoms with Crippen LogP contribution in [0.5, 0.6) is 0 Å². The van der Waals surface area contributed by atoms with Crippen LogP contribution in [0.4, 0.5) is 0 Å². The molecule has 0 amide bonds. The van der Waals surface area contributed by atoms with E-state index in [1.54, 1.807) is 31.2 Å². The lowest BCUT2D eigenvalue weighted by molar-refractivity contribution is -0.145. The first kappa shape index (κ1) is 16.3. The molecule has 0 aliphatic heterocycles. The minimum Gasteiger partial charge on any atom is -0.465 e. The number of sulfone groups is 1. The molecule has 0 heterocycles. The van der Waals surface area contributed by atoms with Gasteiger partial charge in [-0.3, -0.25) is 0 Å². The van der Waals surface area contributed by atoms with Gasteiger partial charge in [0.1, 0.15) is 5.54 Å². The average Bonchev–Trinajstić information content (AvgIpc) is 3.08. The van der Waals surface area contributed by atoms with Crippen LogP contribution in [-0.4, -0.2) is 37.5 Å². The van der Waals surface area contributed by atoms with Crippen molar-refractivity contribution >= 4 is 27.4 Å². The summed E-state index contributed by atoms with van der Waals surface area (Å²) < 4.78 is 29.4. The van der Waals surface area contributed by atoms with Gasteiger partial charge < -0.3 is 10.5 Å². The van der Waals surface area contributed by atoms with Crippen molar-refractivity contribution in [2.24, 2.45) is 5.73 Å². The van der Waals surface area contributed by atoms with Gasteiger partial charge in [-0.25, -0.2) is 13.2 Å². The van der Waals surface area contributed by atoms with Crippen molar-refractivity contribution in [3.8, 4) is 0 Å². The van der Waals surface area contributed by atoms with Crippen molar-refractivity contribution in [3.05, 3.63) is 34.9 Å². The van der Waals surface area contributed by atoms with Gasteiger partial charge in [0, 0.05) is 16.7 Å². The molecule has 1 aromatic rings. The number of hydrogen-bond acceptors (Lipinski definition) is 5. The molecular formula is C14H18ClNO4S. The third-order valence-electron chi connectivity index (χ3n) is 3.81. The molecule has 0 spiro atoms. The predicted molar refractivity (Wildman–Crippen MR) is 81.0 cm³/mol. The lowest BCUT2D eigenvalue weighted by Gasteiger charge is -2.11. The van der Waals surface area contributed by atoms with Crippen molar-refractivity contribution < 1.29 is 17.9 Å². The Bertz CT molecular complexity index is 661. The highest BCUT2D eigenvalue weighted by Gasteiger charge is 2.74. The third-order valence-corrected chi connectivity index (χ3v) is 6.28. The molecule has 1 aromatic carbocycles. The predicted octanol–water partition coefficient (Wildman–Crippen LogP) is 1.50. The van der Waals surface area contributed by atoms with Crippen molar-refractivity contribution in [1.29, 1.82) is 0 Å². The van der Waals surface area contributed by atoms with E-state index in [9.17, 15) is 13.2 Å². The number of carbonyl (C=O) groups excluding carboxylic acids is 1. The van der Waals surface area contributed by atoms with E-state index in [-0.39, 0.29) is 12.4 Å². The summed E-state index contributed by atoms with van der Waals surface area (Å²) in [5.41, 5.74) is 5.22. The summed E-state index contributed by atoms with van der Waals surface area (Å²) in [6.07, 6.45) is 0. The molecule has 21 heavy (non-hydrogen) atoms. The molecule has 5 nitrogen and oxygen atoms in total. The fraction of sp³-hybridized carbons (Fsp3) is 0.500. The monoisotopic (exact) mass is 331 g/mol. The van der Waals surface area contributed by atoms with Crippen molar-refractivity contribution in [2.75, 3.05) is 12.4 Å². The first-order chi connectivity index (χ1) is 9.79. The molecule has 0 bridgehead atoms. The number of carbonyl (C=O) groups is 1. The number of nitrogens with two attached hydrogens (primary N) is 1. The molecular weight excluding hydrogens is 314 g/mol. The van der Waals surface area contributed by atoms with E-state index in [4.69, 9.17) is 22.1 Å². The van der Waals surface area contributed by atoms with Crippen LogP contribution in [0.3, 0.4) is 0 Å². The smallest absolute Gasteiger partial charge is 0.328 e. The van der Waals surface area contributed by atoms with Crippen LogP contribution in [0.2, 0.25) is 5.02 Å². The van der Waals surface area contributed by atoms with Gasteiger partial charge in [0.25, 0.3) is 0 Å². The Morgan fingerprint density at radius 3 is 2.62 bits per heavy atom. The van der Waals surface area contributed by atoms with Crippen molar-refractivity contribution in [3.63, 3.8) is 0 Å². The Morgan fingerprint density at radius 2 is 2.10 bits per heavy atom. The summed E-state index contributed by atoms with van der Waals surface area (Å²) in [4.78, 5) is 12.1. The third kappa shape index (κ3) is 2.67. The average molecular weight is 332 g/mol. The van der Waals surface area contributed by atoms with E-state index in [0.29, 0.717) is 10.6 Å². The second-order valence-electron chi connectivity index (χ2n) is 5.06. The Hall–Kier alpha value is -1.11. The molecule has 0 aromatic heterocycles. The van der Waals surface area contributed by atoms with Gasteiger partial charge in [-0.05, 0) is 24.6 Å². The second kappa shape index (κ2) is 5.59. The van der Waals surface area contributed by atoms with Gasteiger partial charge in [0.05, 0.1) is 11.9 Å². The maximum Gasteiger partial charge on any atom is 0.328 e. The highest BCUT2D eigenvalue weighted by atomic mass is 35.5. The first-order valence-corrected chi connectivity index (χ1v) is 8.81. The molecule has 116 valence electrons. The lowest BCUT2D eigenvalue weighted by atomic mass is 10.1. The van der Waals surface area contributed by atoms with Gasteiger partial charge in [-0.2, -0.15) is 0 Å². The standard InChI is InChI=1S/C14H18ClNO4S/c1-3-20-13(17)14(16)11(12(14)21(18,19)4-2)9-6-5-7-10(15)8-9/h5-8,11-12H,3-4,16H2,1-2H3/t11-,12+,14-/m1/s1. The molecule has 3 atom stereocenters.